The first-order valence-corrected chi connectivity index (χ1v) is 6.05. The van der Waals surface area contributed by atoms with Crippen molar-refractivity contribution in [1.29, 1.82) is 0 Å². The van der Waals surface area contributed by atoms with E-state index >= 15 is 0 Å². The van der Waals surface area contributed by atoms with Crippen LogP contribution in [0.1, 0.15) is 10.4 Å². The summed E-state index contributed by atoms with van der Waals surface area (Å²) in [6, 6.07) is 6.50. The molecular weight excluding hydrogens is 280 g/mol. The summed E-state index contributed by atoms with van der Waals surface area (Å²) in [5.74, 6) is 0.212. The summed E-state index contributed by atoms with van der Waals surface area (Å²) >= 11 is 5.94. The van der Waals surface area contributed by atoms with Crippen LogP contribution in [0, 0.1) is 0 Å². The van der Waals surface area contributed by atoms with Crippen molar-refractivity contribution in [2.75, 3.05) is 18.2 Å². The van der Waals surface area contributed by atoms with E-state index < -0.39 is 5.91 Å². The van der Waals surface area contributed by atoms with E-state index in [9.17, 15) is 4.79 Å². The van der Waals surface area contributed by atoms with Crippen LogP contribution in [0.4, 0.5) is 17.2 Å². The Morgan fingerprint density at radius 2 is 2.15 bits per heavy atom. The predicted molar refractivity (Wildman–Crippen MR) is 78.5 cm³/mol. The summed E-state index contributed by atoms with van der Waals surface area (Å²) in [4.78, 5) is 15.5. The molecule has 0 radical (unpaired) electrons. The van der Waals surface area contributed by atoms with Gasteiger partial charge in [0.15, 0.2) is 0 Å². The van der Waals surface area contributed by atoms with Crippen molar-refractivity contribution in [2.45, 2.75) is 0 Å². The third kappa shape index (κ3) is 2.92. The van der Waals surface area contributed by atoms with Crippen molar-refractivity contribution in [3.05, 3.63) is 41.0 Å². The van der Waals surface area contributed by atoms with E-state index in [0.29, 0.717) is 22.1 Å². The number of primary amides is 1. The number of halogens is 1. The number of carbonyl (C=O) groups is 1. The van der Waals surface area contributed by atoms with Gasteiger partial charge in [0.25, 0.3) is 5.91 Å². The van der Waals surface area contributed by atoms with E-state index in [0.717, 1.165) is 0 Å². The Hall–Kier alpha value is -2.47. The molecule has 0 aliphatic rings. The Bertz CT molecular complexity index is 661. The van der Waals surface area contributed by atoms with Gasteiger partial charge in [0.05, 0.1) is 30.2 Å². The molecule has 1 amide bonds. The van der Waals surface area contributed by atoms with Crippen LogP contribution in [0.25, 0.3) is 0 Å². The number of nitrogens with one attached hydrogen (secondary N) is 1. The van der Waals surface area contributed by atoms with E-state index in [2.05, 4.69) is 10.3 Å². The largest absolute Gasteiger partial charge is 0.495 e. The first kappa shape index (κ1) is 14.0. The van der Waals surface area contributed by atoms with Crippen molar-refractivity contribution < 1.29 is 9.53 Å². The maximum atomic E-state index is 11.4. The van der Waals surface area contributed by atoms with Gasteiger partial charge in [-0.2, -0.15) is 0 Å². The highest BCUT2D eigenvalue weighted by Crippen LogP contribution is 2.31. The Labute approximate surface area is 120 Å². The number of ether oxygens (including phenoxy) is 1. The Morgan fingerprint density at radius 3 is 2.80 bits per heavy atom. The number of pyridine rings is 1. The number of nitrogens with two attached hydrogens (primary N) is 2. The lowest BCUT2D eigenvalue weighted by Gasteiger charge is -2.13. The fourth-order valence-electron chi connectivity index (χ4n) is 1.67. The number of carbonyl (C=O) groups excluding carboxylic acids is 1. The van der Waals surface area contributed by atoms with Gasteiger partial charge >= 0.3 is 0 Å². The van der Waals surface area contributed by atoms with E-state index in [-0.39, 0.29) is 11.4 Å². The Kier molecular flexibility index (Phi) is 3.95. The standard InChI is InChI=1S/C13H13ClN4O2/c1-20-11-3-2-7(14)4-10(11)18-13-9(12(16)19)5-8(15)6-17-13/h2-6H,15H2,1H3,(H2,16,19)(H,17,18). The summed E-state index contributed by atoms with van der Waals surface area (Å²) in [5, 5.41) is 3.48. The molecule has 0 fully saturated rings. The normalized spacial score (nSPS) is 10.1. The van der Waals surface area contributed by atoms with E-state index in [1.807, 2.05) is 0 Å². The number of amides is 1. The fourth-order valence-corrected chi connectivity index (χ4v) is 1.85. The van der Waals surface area contributed by atoms with Gasteiger partial charge in [0, 0.05) is 5.02 Å². The van der Waals surface area contributed by atoms with Gasteiger partial charge < -0.3 is 21.5 Å². The molecule has 0 aliphatic carbocycles. The monoisotopic (exact) mass is 292 g/mol. The van der Waals surface area contributed by atoms with Crippen LogP contribution in [-0.4, -0.2) is 18.0 Å². The molecule has 0 aliphatic heterocycles. The third-order valence-corrected chi connectivity index (χ3v) is 2.82. The van der Waals surface area contributed by atoms with E-state index in [1.54, 1.807) is 18.2 Å². The van der Waals surface area contributed by atoms with E-state index in [4.69, 9.17) is 27.8 Å². The van der Waals surface area contributed by atoms with Crippen LogP contribution in [0.15, 0.2) is 30.5 Å². The van der Waals surface area contributed by atoms with Crippen molar-refractivity contribution in [3.63, 3.8) is 0 Å². The molecule has 1 aromatic carbocycles. The molecule has 1 heterocycles. The van der Waals surface area contributed by atoms with Crippen LogP contribution in [0.5, 0.6) is 5.75 Å². The predicted octanol–water partition coefficient (Wildman–Crippen LogP) is 2.17. The molecule has 0 spiro atoms. The number of methoxy groups -OCH3 is 1. The highest BCUT2D eigenvalue weighted by molar-refractivity contribution is 6.31. The lowest BCUT2D eigenvalue weighted by molar-refractivity contribution is 0.100. The molecule has 104 valence electrons. The number of aromatic nitrogens is 1. The average Bonchev–Trinajstić information content (AvgIpc) is 2.41. The fraction of sp³-hybridized carbons (Fsp3) is 0.0769. The van der Waals surface area contributed by atoms with Gasteiger partial charge in [-0.1, -0.05) is 11.6 Å². The van der Waals surface area contributed by atoms with Crippen molar-refractivity contribution >= 4 is 34.7 Å². The number of rotatable bonds is 4. The third-order valence-electron chi connectivity index (χ3n) is 2.59. The van der Waals surface area contributed by atoms with Crippen molar-refractivity contribution in [1.82, 2.24) is 4.98 Å². The van der Waals surface area contributed by atoms with Gasteiger partial charge in [0.1, 0.15) is 11.6 Å². The molecule has 5 N–H and O–H groups in total. The van der Waals surface area contributed by atoms with Crippen molar-refractivity contribution in [2.24, 2.45) is 5.73 Å². The highest BCUT2D eigenvalue weighted by atomic mass is 35.5. The number of hydrogen-bond donors (Lipinski definition) is 3. The molecule has 6 nitrogen and oxygen atoms in total. The van der Waals surface area contributed by atoms with Gasteiger partial charge in [-0.15, -0.1) is 0 Å². The van der Waals surface area contributed by atoms with E-state index in [1.165, 1.54) is 19.4 Å². The summed E-state index contributed by atoms with van der Waals surface area (Å²) in [5.41, 5.74) is 12.0. The van der Waals surface area contributed by atoms with Gasteiger partial charge in [-0.3, -0.25) is 4.79 Å². The zero-order valence-corrected chi connectivity index (χ0v) is 11.4. The second-order valence-electron chi connectivity index (χ2n) is 4.00. The number of nitrogen functional groups attached to an aromatic ring is 1. The van der Waals surface area contributed by atoms with Crippen molar-refractivity contribution in [3.8, 4) is 5.75 Å². The second kappa shape index (κ2) is 5.66. The second-order valence-corrected chi connectivity index (χ2v) is 4.44. The van der Waals surface area contributed by atoms with Crippen LogP contribution >= 0.6 is 11.6 Å². The topological polar surface area (TPSA) is 103 Å². The lowest BCUT2D eigenvalue weighted by atomic mass is 10.2. The molecule has 0 saturated heterocycles. The summed E-state index contributed by atoms with van der Waals surface area (Å²) < 4.78 is 5.21. The molecule has 0 atom stereocenters. The van der Waals surface area contributed by atoms with Crippen LogP contribution in [-0.2, 0) is 0 Å². The molecule has 0 saturated carbocycles. The molecule has 0 bridgehead atoms. The SMILES string of the molecule is COc1ccc(Cl)cc1Nc1ncc(N)cc1C(N)=O. The molecule has 1 aromatic heterocycles. The maximum absolute atomic E-state index is 11.4. The minimum Gasteiger partial charge on any atom is -0.495 e. The first-order chi connectivity index (χ1) is 9.51. The quantitative estimate of drug-likeness (QED) is 0.801. The first-order valence-electron chi connectivity index (χ1n) is 5.67. The Balaban J connectivity index is 2.44. The molecular formula is C13H13ClN4O2. The Morgan fingerprint density at radius 1 is 1.40 bits per heavy atom. The van der Waals surface area contributed by atoms with Crippen LogP contribution in [0.3, 0.4) is 0 Å². The number of nitrogens with zero attached hydrogens (tertiary/aromatic N) is 1. The molecule has 0 unspecified atom stereocenters. The molecule has 2 aromatic rings. The summed E-state index contributed by atoms with van der Waals surface area (Å²) in [6.45, 7) is 0. The van der Waals surface area contributed by atoms with Gasteiger partial charge in [-0.05, 0) is 24.3 Å². The molecule has 7 heteroatoms. The zero-order chi connectivity index (χ0) is 14.7. The number of benzene rings is 1. The molecule has 2 rings (SSSR count). The van der Waals surface area contributed by atoms with Gasteiger partial charge in [0.2, 0.25) is 0 Å². The highest BCUT2D eigenvalue weighted by Gasteiger charge is 2.13. The van der Waals surface area contributed by atoms with Gasteiger partial charge in [-0.25, -0.2) is 4.98 Å². The number of anilines is 3. The zero-order valence-electron chi connectivity index (χ0n) is 10.7. The number of hydrogen-bond acceptors (Lipinski definition) is 5. The lowest BCUT2D eigenvalue weighted by Crippen LogP contribution is -2.15. The average molecular weight is 293 g/mol. The maximum Gasteiger partial charge on any atom is 0.252 e. The summed E-state index contributed by atoms with van der Waals surface area (Å²) in [7, 11) is 1.53. The van der Waals surface area contributed by atoms with Crippen LogP contribution < -0.4 is 21.5 Å². The van der Waals surface area contributed by atoms with Crippen LogP contribution in [0.2, 0.25) is 5.02 Å². The smallest absolute Gasteiger partial charge is 0.252 e. The minimum absolute atomic E-state index is 0.187. The minimum atomic E-state index is -0.631. The molecule has 20 heavy (non-hydrogen) atoms. The summed E-state index contributed by atoms with van der Waals surface area (Å²) in [6.07, 6.45) is 1.42.